The zero-order chi connectivity index (χ0) is 21.6. The van der Waals surface area contributed by atoms with E-state index in [0.717, 1.165) is 32.8 Å². The Hall–Kier alpha value is -1.78. The Morgan fingerprint density at radius 3 is 2.44 bits per heavy atom. The molecule has 1 heterocycles. The van der Waals surface area contributed by atoms with Crippen LogP contribution in [-0.2, 0) is 17.8 Å². The van der Waals surface area contributed by atoms with Crippen molar-refractivity contribution in [3.05, 3.63) is 70.8 Å². The van der Waals surface area contributed by atoms with E-state index >= 15 is 0 Å². The van der Waals surface area contributed by atoms with Crippen LogP contribution in [-0.4, -0.2) is 49.7 Å². The van der Waals surface area contributed by atoms with Crippen LogP contribution in [0.3, 0.4) is 0 Å². The molecule has 0 bridgehead atoms. The number of nitrogens with zero attached hydrogens (tertiary/aromatic N) is 2. The Balaban J connectivity index is 0.00000289. The number of hydrogen-bond acceptors (Lipinski definition) is 3. The Kier molecular flexibility index (Phi) is 9.24. The summed E-state index contributed by atoms with van der Waals surface area (Å²) in [4.78, 5) is 7.15. The number of hydrogen-bond donors (Lipinski definition) is 2. The molecule has 4 rings (SSSR count). The van der Waals surface area contributed by atoms with Gasteiger partial charge in [0.1, 0.15) is 11.6 Å². The molecule has 174 valence electrons. The highest BCUT2D eigenvalue weighted by molar-refractivity contribution is 14.0. The van der Waals surface area contributed by atoms with Crippen LogP contribution in [0.5, 0.6) is 0 Å². The number of guanidine groups is 1. The zero-order valence-corrected chi connectivity index (χ0v) is 20.7. The fourth-order valence-corrected chi connectivity index (χ4v) is 4.06. The number of nitrogens with one attached hydrogen (secondary N) is 2. The molecule has 0 spiro atoms. The van der Waals surface area contributed by atoms with Gasteiger partial charge in [-0.25, -0.2) is 13.8 Å². The van der Waals surface area contributed by atoms with Gasteiger partial charge >= 0.3 is 0 Å². The summed E-state index contributed by atoms with van der Waals surface area (Å²) in [6.45, 7) is 7.59. The van der Waals surface area contributed by atoms with Crippen molar-refractivity contribution in [1.82, 2.24) is 15.5 Å². The number of rotatable bonds is 7. The van der Waals surface area contributed by atoms with E-state index in [2.05, 4.69) is 33.7 Å². The molecule has 8 heteroatoms. The van der Waals surface area contributed by atoms with E-state index in [1.165, 1.54) is 29.3 Å². The van der Waals surface area contributed by atoms with E-state index in [9.17, 15) is 8.78 Å². The van der Waals surface area contributed by atoms with Gasteiger partial charge in [0.25, 0.3) is 0 Å². The van der Waals surface area contributed by atoms with Gasteiger partial charge in [-0.1, -0.05) is 30.3 Å². The highest BCUT2D eigenvalue weighted by Gasteiger charge is 2.42. The van der Waals surface area contributed by atoms with Gasteiger partial charge < -0.3 is 15.4 Å². The quantitative estimate of drug-likeness (QED) is 0.308. The maximum Gasteiger partial charge on any atom is 0.191 e. The van der Waals surface area contributed by atoms with Crippen molar-refractivity contribution in [2.45, 2.75) is 38.4 Å². The third-order valence-corrected chi connectivity index (χ3v) is 5.85. The van der Waals surface area contributed by atoms with Crippen molar-refractivity contribution in [2.75, 3.05) is 32.8 Å². The first kappa shape index (κ1) is 24.9. The van der Waals surface area contributed by atoms with Crippen LogP contribution in [0.25, 0.3) is 0 Å². The summed E-state index contributed by atoms with van der Waals surface area (Å²) in [5, 5.41) is 6.60. The number of aliphatic imine (C=N–C) groups is 1. The molecule has 0 radical (unpaired) electrons. The van der Waals surface area contributed by atoms with Crippen LogP contribution in [0.4, 0.5) is 8.78 Å². The Morgan fingerprint density at radius 1 is 1.06 bits per heavy atom. The first-order valence-electron chi connectivity index (χ1n) is 11.0. The lowest BCUT2D eigenvalue weighted by atomic mass is 10.1. The van der Waals surface area contributed by atoms with Gasteiger partial charge in [-0.2, -0.15) is 0 Å². The van der Waals surface area contributed by atoms with E-state index in [0.29, 0.717) is 25.5 Å². The number of morpholine rings is 1. The molecule has 1 saturated heterocycles. The normalized spacial score (nSPS) is 21.0. The summed E-state index contributed by atoms with van der Waals surface area (Å²) >= 11 is 0. The minimum absolute atomic E-state index is 0. The largest absolute Gasteiger partial charge is 0.379 e. The summed E-state index contributed by atoms with van der Waals surface area (Å²) in [6, 6.07) is 12.4. The molecular formula is C24H31F2IN4O. The first-order valence-corrected chi connectivity index (χ1v) is 11.0. The molecule has 0 aromatic heterocycles. The van der Waals surface area contributed by atoms with Crippen LogP contribution in [0.15, 0.2) is 47.5 Å². The lowest BCUT2D eigenvalue weighted by Crippen LogP contribution is -2.39. The van der Waals surface area contributed by atoms with Gasteiger partial charge in [0, 0.05) is 43.7 Å². The smallest absolute Gasteiger partial charge is 0.191 e. The predicted octanol–water partition coefficient (Wildman–Crippen LogP) is 4.03. The summed E-state index contributed by atoms with van der Waals surface area (Å²) in [7, 11) is 0. The van der Waals surface area contributed by atoms with Gasteiger partial charge in [-0.05, 0) is 36.6 Å². The Morgan fingerprint density at radius 2 is 1.75 bits per heavy atom. The highest BCUT2D eigenvalue weighted by Crippen LogP contribution is 2.43. The fourth-order valence-electron chi connectivity index (χ4n) is 4.06. The minimum Gasteiger partial charge on any atom is -0.379 e. The molecule has 0 amide bonds. The van der Waals surface area contributed by atoms with E-state index < -0.39 is 11.6 Å². The van der Waals surface area contributed by atoms with Gasteiger partial charge in [-0.15, -0.1) is 24.0 Å². The summed E-state index contributed by atoms with van der Waals surface area (Å²) in [5.41, 5.74) is 2.62. The number of benzene rings is 2. The molecule has 5 nitrogen and oxygen atoms in total. The summed E-state index contributed by atoms with van der Waals surface area (Å²) < 4.78 is 33.6. The second kappa shape index (κ2) is 11.9. The third-order valence-electron chi connectivity index (χ3n) is 5.85. The van der Waals surface area contributed by atoms with Crippen molar-refractivity contribution in [2.24, 2.45) is 4.99 Å². The van der Waals surface area contributed by atoms with Gasteiger partial charge in [0.05, 0.1) is 19.8 Å². The number of ether oxygens (including phenoxy) is 1. The molecule has 1 aliphatic heterocycles. The molecule has 1 aliphatic carbocycles. The van der Waals surface area contributed by atoms with E-state index in [1.807, 2.05) is 13.0 Å². The van der Waals surface area contributed by atoms with E-state index in [4.69, 9.17) is 9.73 Å². The topological polar surface area (TPSA) is 48.9 Å². The van der Waals surface area contributed by atoms with Crippen LogP contribution in [0, 0.1) is 11.6 Å². The lowest BCUT2D eigenvalue weighted by molar-refractivity contribution is 0.0341. The standard InChI is InChI=1S/C24H30F2N4O.HI/c1-2-27-24(29-22-14-19(22)23-20(25)8-5-9-21(23)26)28-15-17-6-3-4-7-18(17)16-30-10-12-31-13-11-30;/h3-9,19,22H,2,10-16H2,1H3,(H2,27,28,29);1H. The van der Waals surface area contributed by atoms with Crippen LogP contribution >= 0.6 is 24.0 Å². The second-order valence-corrected chi connectivity index (χ2v) is 8.08. The summed E-state index contributed by atoms with van der Waals surface area (Å²) in [5.74, 6) is -0.451. The van der Waals surface area contributed by atoms with Crippen molar-refractivity contribution in [1.29, 1.82) is 0 Å². The molecule has 2 N–H and O–H groups in total. The van der Waals surface area contributed by atoms with E-state index in [1.54, 1.807) is 0 Å². The van der Waals surface area contributed by atoms with Crippen molar-refractivity contribution < 1.29 is 13.5 Å². The van der Waals surface area contributed by atoms with Crippen LogP contribution in [0.2, 0.25) is 0 Å². The molecule has 32 heavy (non-hydrogen) atoms. The van der Waals surface area contributed by atoms with Gasteiger partial charge in [-0.3, -0.25) is 4.90 Å². The van der Waals surface area contributed by atoms with Gasteiger partial charge in [0.2, 0.25) is 0 Å². The molecule has 2 aromatic rings. The highest BCUT2D eigenvalue weighted by atomic mass is 127. The molecule has 2 aromatic carbocycles. The SMILES string of the molecule is CCNC(=NCc1ccccc1CN1CCOCC1)NC1CC1c1c(F)cccc1F.I. The van der Waals surface area contributed by atoms with Crippen molar-refractivity contribution in [3.63, 3.8) is 0 Å². The fraction of sp³-hybridized carbons (Fsp3) is 0.458. The molecule has 2 aliphatic rings. The molecule has 2 atom stereocenters. The minimum atomic E-state index is -0.478. The maximum absolute atomic E-state index is 14.1. The average molecular weight is 556 g/mol. The first-order chi connectivity index (χ1) is 15.2. The maximum atomic E-state index is 14.1. The van der Waals surface area contributed by atoms with Crippen LogP contribution < -0.4 is 10.6 Å². The second-order valence-electron chi connectivity index (χ2n) is 8.08. The molecule has 2 fully saturated rings. The van der Waals surface area contributed by atoms with E-state index in [-0.39, 0.29) is 41.5 Å². The monoisotopic (exact) mass is 556 g/mol. The lowest BCUT2D eigenvalue weighted by Gasteiger charge is -2.27. The van der Waals surface area contributed by atoms with Gasteiger partial charge in [0.15, 0.2) is 5.96 Å². The van der Waals surface area contributed by atoms with Crippen molar-refractivity contribution in [3.8, 4) is 0 Å². The number of halogens is 3. The molecule has 2 unspecified atom stereocenters. The third kappa shape index (κ3) is 6.39. The molecule has 1 saturated carbocycles. The van der Waals surface area contributed by atoms with Crippen LogP contribution in [0.1, 0.15) is 36.0 Å². The molecular weight excluding hydrogens is 525 g/mol. The zero-order valence-electron chi connectivity index (χ0n) is 18.3. The Labute approximate surface area is 205 Å². The predicted molar refractivity (Wildman–Crippen MR) is 133 cm³/mol. The Bertz CT molecular complexity index is 900. The average Bonchev–Trinajstić information content (AvgIpc) is 3.52. The van der Waals surface area contributed by atoms with Crippen molar-refractivity contribution >= 4 is 29.9 Å². The summed E-state index contributed by atoms with van der Waals surface area (Å²) in [6.07, 6.45) is 0.690.